The second-order valence-electron chi connectivity index (χ2n) is 3.74. The van der Waals surface area contributed by atoms with Gasteiger partial charge in [-0.05, 0) is 6.92 Å². The zero-order valence-corrected chi connectivity index (χ0v) is 9.85. The van der Waals surface area contributed by atoms with Crippen LogP contribution < -0.4 is 10.5 Å². The van der Waals surface area contributed by atoms with Gasteiger partial charge in [-0.15, -0.1) is 5.92 Å². The van der Waals surface area contributed by atoms with E-state index in [1.165, 1.54) is 4.68 Å². The molecule has 0 unspecified atom stereocenters. The summed E-state index contributed by atoms with van der Waals surface area (Å²) in [5.74, 6) is 5.57. The van der Waals surface area contributed by atoms with E-state index in [0.29, 0.717) is 19.8 Å². The summed E-state index contributed by atoms with van der Waals surface area (Å²) >= 11 is 0. The molecule has 1 saturated heterocycles. The lowest BCUT2D eigenvalue weighted by Crippen LogP contribution is -2.37. The van der Waals surface area contributed by atoms with Crippen LogP contribution in [-0.4, -0.2) is 36.1 Å². The standard InChI is InChI=1S/C12H15N3O2/c1-2-3-4-15-12(16)9-11(10-13-15)14-5-7-17-8-6-14/h9-10H,4-8H2,1H3. The minimum atomic E-state index is -0.114. The molecule has 5 nitrogen and oxygen atoms in total. The molecule has 1 aliphatic rings. The van der Waals surface area contributed by atoms with E-state index >= 15 is 0 Å². The van der Waals surface area contributed by atoms with Gasteiger partial charge in [-0.1, -0.05) is 5.92 Å². The topological polar surface area (TPSA) is 47.4 Å². The Morgan fingerprint density at radius 1 is 1.47 bits per heavy atom. The Kier molecular flexibility index (Phi) is 3.78. The molecule has 0 amide bonds. The highest BCUT2D eigenvalue weighted by atomic mass is 16.5. The number of nitrogens with zero attached hydrogens (tertiary/aromatic N) is 3. The van der Waals surface area contributed by atoms with Crippen LogP contribution in [0.15, 0.2) is 17.1 Å². The van der Waals surface area contributed by atoms with Crippen molar-refractivity contribution in [3.63, 3.8) is 0 Å². The van der Waals surface area contributed by atoms with E-state index < -0.39 is 0 Å². The Hall–Kier alpha value is -1.80. The average Bonchev–Trinajstić information content (AvgIpc) is 2.38. The van der Waals surface area contributed by atoms with E-state index in [1.54, 1.807) is 19.2 Å². The first-order valence-corrected chi connectivity index (χ1v) is 5.61. The van der Waals surface area contributed by atoms with Crippen LogP contribution in [0.25, 0.3) is 0 Å². The fourth-order valence-corrected chi connectivity index (χ4v) is 1.69. The Morgan fingerprint density at radius 2 is 2.24 bits per heavy atom. The van der Waals surface area contributed by atoms with E-state index in [4.69, 9.17) is 4.74 Å². The van der Waals surface area contributed by atoms with Crippen molar-refractivity contribution in [1.29, 1.82) is 0 Å². The van der Waals surface area contributed by atoms with Crippen LogP contribution in [-0.2, 0) is 11.3 Å². The van der Waals surface area contributed by atoms with Gasteiger partial charge in [0.15, 0.2) is 0 Å². The summed E-state index contributed by atoms with van der Waals surface area (Å²) in [5, 5.41) is 4.11. The molecule has 1 aliphatic heterocycles. The van der Waals surface area contributed by atoms with Crippen molar-refractivity contribution in [2.75, 3.05) is 31.2 Å². The molecule has 0 aliphatic carbocycles. The molecule has 1 aromatic heterocycles. The van der Waals surface area contributed by atoms with Crippen LogP contribution in [0.3, 0.4) is 0 Å². The SMILES string of the molecule is CC#CCn1ncc(N2CCOCC2)cc1=O. The maximum absolute atomic E-state index is 11.8. The molecule has 0 N–H and O–H groups in total. The predicted octanol–water partition coefficient (Wildman–Crippen LogP) is 0.103. The lowest BCUT2D eigenvalue weighted by atomic mass is 10.3. The van der Waals surface area contributed by atoms with Gasteiger partial charge in [-0.25, -0.2) is 4.68 Å². The van der Waals surface area contributed by atoms with Gasteiger partial charge >= 0.3 is 0 Å². The summed E-state index contributed by atoms with van der Waals surface area (Å²) in [7, 11) is 0. The molecule has 17 heavy (non-hydrogen) atoms. The van der Waals surface area contributed by atoms with Gasteiger partial charge in [0.2, 0.25) is 0 Å². The van der Waals surface area contributed by atoms with Crippen molar-refractivity contribution < 1.29 is 4.74 Å². The zero-order valence-electron chi connectivity index (χ0n) is 9.85. The number of rotatable bonds is 2. The maximum atomic E-state index is 11.8. The molecule has 90 valence electrons. The number of hydrogen-bond donors (Lipinski definition) is 0. The Morgan fingerprint density at radius 3 is 2.88 bits per heavy atom. The van der Waals surface area contributed by atoms with Gasteiger partial charge < -0.3 is 9.64 Å². The highest BCUT2D eigenvalue weighted by Crippen LogP contribution is 2.11. The number of hydrogen-bond acceptors (Lipinski definition) is 4. The highest BCUT2D eigenvalue weighted by molar-refractivity contribution is 5.43. The van der Waals surface area contributed by atoms with E-state index in [1.807, 2.05) is 0 Å². The number of morpholine rings is 1. The second kappa shape index (κ2) is 5.51. The Labute approximate surface area is 100.0 Å². The number of anilines is 1. The van der Waals surface area contributed by atoms with Gasteiger partial charge in [0.25, 0.3) is 5.56 Å². The normalized spacial score (nSPS) is 15.2. The quantitative estimate of drug-likeness (QED) is 0.680. The van der Waals surface area contributed by atoms with E-state index in [-0.39, 0.29) is 5.56 Å². The summed E-state index contributed by atoms with van der Waals surface area (Å²) in [4.78, 5) is 13.9. The summed E-state index contributed by atoms with van der Waals surface area (Å²) in [6, 6.07) is 1.61. The zero-order chi connectivity index (χ0) is 12.1. The minimum Gasteiger partial charge on any atom is -0.378 e. The lowest BCUT2D eigenvalue weighted by molar-refractivity contribution is 0.122. The largest absolute Gasteiger partial charge is 0.378 e. The molecule has 2 heterocycles. The molecule has 0 atom stereocenters. The third-order valence-corrected chi connectivity index (χ3v) is 2.64. The van der Waals surface area contributed by atoms with Crippen molar-refractivity contribution in [3.05, 3.63) is 22.6 Å². The molecule has 0 spiro atoms. The molecule has 1 aromatic rings. The van der Waals surface area contributed by atoms with E-state index in [2.05, 4.69) is 21.8 Å². The number of ether oxygens (including phenoxy) is 1. The molecule has 0 radical (unpaired) electrons. The van der Waals surface area contributed by atoms with Gasteiger partial charge in [0.1, 0.15) is 6.54 Å². The van der Waals surface area contributed by atoms with Gasteiger partial charge in [-0.2, -0.15) is 5.10 Å². The van der Waals surface area contributed by atoms with Crippen molar-refractivity contribution in [2.24, 2.45) is 0 Å². The summed E-state index contributed by atoms with van der Waals surface area (Å²) in [5.41, 5.74) is 0.746. The monoisotopic (exact) mass is 233 g/mol. The fourth-order valence-electron chi connectivity index (χ4n) is 1.69. The van der Waals surface area contributed by atoms with Crippen LogP contribution >= 0.6 is 0 Å². The minimum absolute atomic E-state index is 0.114. The third kappa shape index (κ3) is 2.86. The summed E-state index contributed by atoms with van der Waals surface area (Å²) < 4.78 is 6.63. The van der Waals surface area contributed by atoms with Crippen LogP contribution in [0.4, 0.5) is 5.69 Å². The third-order valence-electron chi connectivity index (χ3n) is 2.64. The van der Waals surface area contributed by atoms with Crippen LogP contribution in [0, 0.1) is 11.8 Å². The molecule has 2 rings (SSSR count). The lowest BCUT2D eigenvalue weighted by Gasteiger charge is -2.28. The van der Waals surface area contributed by atoms with Gasteiger partial charge in [-0.3, -0.25) is 4.79 Å². The second-order valence-corrected chi connectivity index (χ2v) is 3.74. The van der Waals surface area contributed by atoms with Gasteiger partial charge in [0.05, 0.1) is 25.1 Å². The molecule has 1 fully saturated rings. The predicted molar refractivity (Wildman–Crippen MR) is 65.0 cm³/mol. The first-order chi connectivity index (χ1) is 8.31. The molecular formula is C12H15N3O2. The van der Waals surface area contributed by atoms with Crippen LogP contribution in [0.1, 0.15) is 6.92 Å². The first kappa shape index (κ1) is 11.7. The molecule has 5 heteroatoms. The van der Waals surface area contributed by atoms with Crippen LogP contribution in [0.5, 0.6) is 0 Å². The molecule has 0 bridgehead atoms. The summed E-state index contributed by atoms with van der Waals surface area (Å²) in [6.07, 6.45) is 1.71. The molecule has 0 aromatic carbocycles. The fraction of sp³-hybridized carbons (Fsp3) is 0.500. The smallest absolute Gasteiger partial charge is 0.269 e. The Balaban J connectivity index is 2.16. The van der Waals surface area contributed by atoms with Crippen molar-refractivity contribution in [2.45, 2.75) is 13.5 Å². The van der Waals surface area contributed by atoms with Crippen molar-refractivity contribution >= 4 is 5.69 Å². The Bertz CT molecular complexity index is 492. The van der Waals surface area contributed by atoms with E-state index in [0.717, 1.165) is 18.8 Å². The van der Waals surface area contributed by atoms with Gasteiger partial charge in [0, 0.05) is 19.2 Å². The highest BCUT2D eigenvalue weighted by Gasteiger charge is 2.12. The maximum Gasteiger partial charge on any atom is 0.269 e. The number of aromatic nitrogens is 2. The molecule has 0 saturated carbocycles. The van der Waals surface area contributed by atoms with E-state index in [9.17, 15) is 4.79 Å². The van der Waals surface area contributed by atoms with Crippen molar-refractivity contribution in [1.82, 2.24) is 9.78 Å². The summed E-state index contributed by atoms with van der Waals surface area (Å²) in [6.45, 7) is 5.10. The molecular weight excluding hydrogens is 218 g/mol. The first-order valence-electron chi connectivity index (χ1n) is 5.61. The van der Waals surface area contributed by atoms with Crippen LogP contribution in [0.2, 0.25) is 0 Å². The average molecular weight is 233 g/mol. The van der Waals surface area contributed by atoms with Crippen molar-refractivity contribution in [3.8, 4) is 11.8 Å².